The van der Waals surface area contributed by atoms with Gasteiger partial charge in [-0.3, -0.25) is 0 Å². The SMILES string of the molecule is Cc1ccc2c(c1)-c1nc-2nc2[nH]c(nc3nc(nc4[nH]c(n1)c1ccccc41)-c1ccccc1-3)c1ccccc21. The van der Waals surface area contributed by atoms with E-state index < -0.39 is 0 Å². The predicted molar refractivity (Wildman–Crippen MR) is 161 cm³/mol. The first kappa shape index (κ1) is 22.1. The molecule has 192 valence electrons. The fourth-order valence-electron chi connectivity index (χ4n) is 5.76. The molecule has 8 nitrogen and oxygen atoms in total. The van der Waals surface area contributed by atoms with Gasteiger partial charge >= 0.3 is 0 Å². The number of fused-ring (bicyclic) bond motifs is 20. The monoisotopic (exact) mass is 528 g/mol. The van der Waals surface area contributed by atoms with Crippen molar-refractivity contribution in [1.82, 2.24) is 39.9 Å². The molecule has 2 aliphatic heterocycles. The summed E-state index contributed by atoms with van der Waals surface area (Å²) in [5, 5.41) is 3.82. The maximum absolute atomic E-state index is 5.06. The number of nitrogens with zero attached hydrogens (tertiary/aromatic N) is 6. The number of rotatable bonds is 0. The van der Waals surface area contributed by atoms with Crippen LogP contribution in [0.2, 0.25) is 0 Å². The Morgan fingerprint density at radius 1 is 0.390 bits per heavy atom. The van der Waals surface area contributed by atoms with Crippen LogP contribution in [0.15, 0.2) is 91.0 Å². The van der Waals surface area contributed by atoms with E-state index in [0.717, 1.165) is 49.4 Å². The van der Waals surface area contributed by atoms with E-state index in [9.17, 15) is 0 Å². The maximum atomic E-state index is 5.06. The summed E-state index contributed by atoms with van der Waals surface area (Å²) < 4.78 is 0. The molecule has 4 aromatic carbocycles. The number of benzene rings is 4. The topological polar surface area (TPSA) is 109 Å². The molecular formula is C33H20N8. The van der Waals surface area contributed by atoms with Crippen LogP contribution in [0.25, 0.3) is 89.7 Å². The van der Waals surface area contributed by atoms with Gasteiger partial charge in [-0.1, -0.05) is 90.5 Å². The van der Waals surface area contributed by atoms with Crippen LogP contribution in [-0.4, -0.2) is 39.9 Å². The molecule has 0 unspecified atom stereocenters. The molecule has 41 heavy (non-hydrogen) atoms. The Balaban J connectivity index is 1.51. The Bertz CT molecular complexity index is 2390. The van der Waals surface area contributed by atoms with Crippen LogP contribution >= 0.6 is 0 Å². The third-order valence-corrected chi connectivity index (χ3v) is 7.71. The molecule has 8 bridgehead atoms. The summed E-state index contributed by atoms with van der Waals surface area (Å²) >= 11 is 0. The number of nitrogens with one attached hydrogen (secondary N) is 2. The molecule has 9 rings (SSSR count). The molecule has 8 heteroatoms. The van der Waals surface area contributed by atoms with E-state index in [1.54, 1.807) is 0 Å². The fraction of sp³-hybridized carbons (Fsp3) is 0.0303. The van der Waals surface area contributed by atoms with Crippen molar-refractivity contribution in [2.45, 2.75) is 6.92 Å². The highest BCUT2D eigenvalue weighted by Gasteiger charge is 2.22. The van der Waals surface area contributed by atoms with Crippen molar-refractivity contribution in [2.75, 3.05) is 0 Å². The molecule has 2 aliphatic rings. The van der Waals surface area contributed by atoms with Gasteiger partial charge in [0.15, 0.2) is 23.3 Å². The lowest BCUT2D eigenvalue weighted by atomic mass is 10.1. The van der Waals surface area contributed by atoms with E-state index in [4.69, 9.17) is 29.9 Å². The molecule has 0 saturated heterocycles. The molecule has 5 heterocycles. The lowest BCUT2D eigenvalue weighted by Crippen LogP contribution is -1.83. The molecule has 0 fully saturated rings. The fourth-order valence-corrected chi connectivity index (χ4v) is 5.76. The van der Waals surface area contributed by atoms with Crippen molar-refractivity contribution < 1.29 is 0 Å². The van der Waals surface area contributed by atoms with Crippen molar-refractivity contribution in [3.8, 4) is 45.6 Å². The van der Waals surface area contributed by atoms with Gasteiger partial charge in [0.2, 0.25) is 0 Å². The zero-order valence-electron chi connectivity index (χ0n) is 21.8. The van der Waals surface area contributed by atoms with Gasteiger partial charge < -0.3 is 9.97 Å². The van der Waals surface area contributed by atoms with Crippen LogP contribution in [0, 0.1) is 6.92 Å². The summed E-state index contributed by atoms with van der Waals surface area (Å²) in [5.41, 5.74) is 7.61. The molecule has 7 aromatic rings. The van der Waals surface area contributed by atoms with Crippen LogP contribution in [0.5, 0.6) is 0 Å². The van der Waals surface area contributed by atoms with Gasteiger partial charge in [0, 0.05) is 43.8 Å². The highest BCUT2D eigenvalue weighted by Crippen LogP contribution is 2.37. The quantitative estimate of drug-likeness (QED) is 0.216. The molecule has 0 saturated carbocycles. The Kier molecular flexibility index (Phi) is 4.38. The summed E-state index contributed by atoms with van der Waals surface area (Å²) in [6.45, 7) is 2.07. The second kappa shape index (κ2) is 8.12. The second-order valence-corrected chi connectivity index (χ2v) is 10.3. The van der Waals surface area contributed by atoms with Gasteiger partial charge in [0.25, 0.3) is 0 Å². The zero-order valence-corrected chi connectivity index (χ0v) is 21.8. The predicted octanol–water partition coefficient (Wildman–Crippen LogP) is 7.18. The molecular weight excluding hydrogens is 508 g/mol. The normalized spacial score (nSPS) is 12.0. The lowest BCUT2D eigenvalue weighted by Gasteiger charge is -1.99. The molecule has 0 atom stereocenters. The van der Waals surface area contributed by atoms with E-state index in [1.165, 1.54) is 0 Å². The summed E-state index contributed by atoms with van der Waals surface area (Å²) in [6, 6.07) is 30.5. The molecule has 3 aromatic heterocycles. The van der Waals surface area contributed by atoms with Crippen LogP contribution in [-0.2, 0) is 0 Å². The standard InChI is InChI=1S/C33H20N8/c1-17-14-15-24-25(16-17)33-40-31-23-13-7-6-12-22(23)29(38-31)36-27-19-9-3-2-8-18(19)26(34-27)35-28-20-10-4-5-11-21(20)30(37-28)39-32(24)41-33/h2-16H,1H3,(H2,34,35,36,37,38,39,40,41). The minimum absolute atomic E-state index is 0.598. The average molecular weight is 529 g/mol. The van der Waals surface area contributed by atoms with Crippen molar-refractivity contribution in [2.24, 2.45) is 0 Å². The minimum atomic E-state index is 0.598. The number of aromatic nitrogens is 8. The zero-order chi connectivity index (χ0) is 27.1. The summed E-state index contributed by atoms with van der Waals surface area (Å²) in [6.07, 6.45) is 0. The van der Waals surface area contributed by atoms with Crippen molar-refractivity contribution in [3.63, 3.8) is 0 Å². The van der Waals surface area contributed by atoms with Crippen LogP contribution < -0.4 is 0 Å². The van der Waals surface area contributed by atoms with Gasteiger partial charge in [0.1, 0.15) is 22.6 Å². The molecule has 0 radical (unpaired) electrons. The van der Waals surface area contributed by atoms with E-state index >= 15 is 0 Å². The highest BCUT2D eigenvalue weighted by molar-refractivity contribution is 6.06. The third kappa shape index (κ3) is 3.28. The first-order valence-corrected chi connectivity index (χ1v) is 13.4. The number of hydrogen-bond donors (Lipinski definition) is 2. The lowest BCUT2D eigenvalue weighted by molar-refractivity contribution is 1.19. The minimum Gasteiger partial charge on any atom is -0.324 e. The summed E-state index contributed by atoms with van der Waals surface area (Å²) in [7, 11) is 0. The molecule has 0 spiro atoms. The van der Waals surface area contributed by atoms with E-state index in [2.05, 4.69) is 35.1 Å². The Hall–Kier alpha value is -5.76. The van der Waals surface area contributed by atoms with Crippen molar-refractivity contribution >= 4 is 44.1 Å². The van der Waals surface area contributed by atoms with E-state index in [-0.39, 0.29) is 0 Å². The molecule has 0 aliphatic carbocycles. The molecule has 2 N–H and O–H groups in total. The number of hydrogen-bond acceptors (Lipinski definition) is 6. The number of H-pyrrole nitrogens is 2. The van der Waals surface area contributed by atoms with Crippen LogP contribution in [0.3, 0.4) is 0 Å². The van der Waals surface area contributed by atoms with Crippen LogP contribution in [0.1, 0.15) is 5.56 Å². The number of aryl methyl sites for hydroxylation is 1. The summed E-state index contributed by atoms with van der Waals surface area (Å²) in [5.74, 6) is 2.40. The highest BCUT2D eigenvalue weighted by atomic mass is 15.1. The van der Waals surface area contributed by atoms with Crippen LogP contribution in [0.4, 0.5) is 0 Å². The first-order valence-electron chi connectivity index (χ1n) is 13.4. The average Bonchev–Trinajstić information content (AvgIpc) is 3.72. The van der Waals surface area contributed by atoms with Crippen molar-refractivity contribution in [1.29, 1.82) is 0 Å². The maximum Gasteiger partial charge on any atom is 0.164 e. The molecule has 0 amide bonds. The van der Waals surface area contributed by atoms with Gasteiger partial charge in [-0.15, -0.1) is 0 Å². The first-order chi connectivity index (χ1) is 20.2. The van der Waals surface area contributed by atoms with E-state index in [0.29, 0.717) is 45.9 Å². The largest absolute Gasteiger partial charge is 0.324 e. The third-order valence-electron chi connectivity index (χ3n) is 7.71. The second-order valence-electron chi connectivity index (χ2n) is 10.3. The Morgan fingerprint density at radius 3 is 1.20 bits per heavy atom. The van der Waals surface area contributed by atoms with Gasteiger partial charge in [-0.05, 0) is 13.0 Å². The van der Waals surface area contributed by atoms with Gasteiger partial charge in [-0.25, -0.2) is 29.9 Å². The smallest absolute Gasteiger partial charge is 0.164 e. The Labute approximate surface area is 232 Å². The van der Waals surface area contributed by atoms with E-state index in [1.807, 2.05) is 72.8 Å². The van der Waals surface area contributed by atoms with Gasteiger partial charge in [-0.2, -0.15) is 0 Å². The van der Waals surface area contributed by atoms with Gasteiger partial charge in [0.05, 0.1) is 0 Å². The Morgan fingerprint density at radius 2 is 0.756 bits per heavy atom. The number of aromatic amines is 2. The van der Waals surface area contributed by atoms with Crippen molar-refractivity contribution in [3.05, 3.63) is 96.6 Å². The summed E-state index contributed by atoms with van der Waals surface area (Å²) in [4.78, 5) is 36.9.